The van der Waals surface area contributed by atoms with Gasteiger partial charge < -0.3 is 0 Å². The van der Waals surface area contributed by atoms with Crippen molar-refractivity contribution in [2.24, 2.45) is 0 Å². The molecule has 7 heteroatoms. The second kappa shape index (κ2) is 9.71. The number of pyridine rings is 2. The van der Waals surface area contributed by atoms with Gasteiger partial charge >= 0.3 is 0 Å². The van der Waals surface area contributed by atoms with Crippen LogP contribution in [0, 0.1) is 12.7 Å². The normalized spacial score (nSPS) is 14.7. The van der Waals surface area contributed by atoms with Crippen LogP contribution in [0.3, 0.4) is 0 Å². The summed E-state index contributed by atoms with van der Waals surface area (Å²) in [5.74, 6) is -0.421. The van der Waals surface area contributed by atoms with Crippen LogP contribution in [0.4, 0.5) is 4.39 Å². The summed E-state index contributed by atoms with van der Waals surface area (Å²) in [4.78, 5) is 20.8. The van der Waals surface area contributed by atoms with E-state index in [2.05, 4.69) is 31.7 Å². The number of benzene rings is 2. The lowest BCUT2D eigenvalue weighted by atomic mass is 9.97. The molecule has 0 saturated heterocycles. The lowest BCUT2D eigenvalue weighted by Crippen LogP contribution is -2.43. The van der Waals surface area contributed by atoms with E-state index >= 15 is 0 Å². The minimum Gasteiger partial charge on any atom is -0.294 e. The molecule has 37 heavy (non-hydrogen) atoms. The summed E-state index contributed by atoms with van der Waals surface area (Å²) in [6, 6.07) is 15.1. The first kappa shape index (κ1) is 25.7. The molecule has 0 bridgehead atoms. The van der Waals surface area contributed by atoms with Crippen LogP contribution < -0.4 is 5.56 Å². The number of hydrogen-bond donors (Lipinski definition) is 0. The molecule has 0 unspecified atom stereocenters. The molecule has 0 aliphatic carbocycles. The van der Waals surface area contributed by atoms with E-state index in [1.54, 1.807) is 22.8 Å². The van der Waals surface area contributed by atoms with Gasteiger partial charge in [-0.15, -0.1) is 0 Å². The minimum absolute atomic E-state index is 0.0632. The van der Waals surface area contributed by atoms with Gasteiger partial charge in [-0.2, -0.15) is 0 Å². The summed E-state index contributed by atoms with van der Waals surface area (Å²) in [6.07, 6.45) is 3.01. The Hall–Kier alpha value is -2.99. The fourth-order valence-corrected chi connectivity index (χ4v) is 5.50. The third-order valence-corrected chi connectivity index (χ3v) is 7.59. The molecule has 2 aromatic carbocycles. The van der Waals surface area contributed by atoms with Gasteiger partial charge in [-0.1, -0.05) is 41.4 Å². The Kier molecular flexibility index (Phi) is 6.73. The summed E-state index contributed by atoms with van der Waals surface area (Å²) < 4.78 is 15.6. The Morgan fingerprint density at radius 2 is 1.78 bits per heavy atom. The molecule has 1 aliphatic rings. The topological polar surface area (TPSA) is 38.1 Å². The van der Waals surface area contributed by atoms with Gasteiger partial charge in [-0.05, 0) is 81.7 Å². The highest BCUT2D eigenvalue weighted by molar-refractivity contribution is 6.33. The summed E-state index contributed by atoms with van der Waals surface area (Å²) >= 11 is 13.1. The van der Waals surface area contributed by atoms with Crippen LogP contribution in [0.2, 0.25) is 10.0 Å². The first-order chi connectivity index (χ1) is 17.5. The molecule has 0 N–H and O–H groups in total. The molecule has 0 atom stereocenters. The fourth-order valence-electron chi connectivity index (χ4n) is 4.94. The van der Waals surface area contributed by atoms with Crippen LogP contribution in [0.25, 0.3) is 33.4 Å². The van der Waals surface area contributed by atoms with Gasteiger partial charge in [0.05, 0.1) is 32.6 Å². The highest BCUT2D eigenvalue weighted by atomic mass is 35.5. The van der Waals surface area contributed by atoms with E-state index in [0.29, 0.717) is 27.5 Å². The Labute approximate surface area is 226 Å². The minimum atomic E-state index is -0.421. The Bertz CT molecular complexity index is 1600. The molecule has 3 heterocycles. The van der Waals surface area contributed by atoms with Crippen molar-refractivity contribution in [3.05, 3.63) is 98.1 Å². The van der Waals surface area contributed by atoms with Crippen molar-refractivity contribution in [2.45, 2.75) is 39.7 Å². The number of aromatic nitrogens is 2. The van der Waals surface area contributed by atoms with E-state index < -0.39 is 5.82 Å². The average molecular weight is 536 g/mol. The maximum Gasteiger partial charge on any atom is 0.255 e. The van der Waals surface area contributed by atoms with Crippen molar-refractivity contribution >= 4 is 39.7 Å². The van der Waals surface area contributed by atoms with Gasteiger partial charge in [0.25, 0.3) is 5.56 Å². The van der Waals surface area contributed by atoms with E-state index in [1.165, 1.54) is 18.2 Å². The number of nitrogens with zero attached hydrogens (tertiary/aromatic N) is 3. The van der Waals surface area contributed by atoms with Crippen LogP contribution in [0.5, 0.6) is 0 Å². The van der Waals surface area contributed by atoms with Crippen LogP contribution in [0.1, 0.15) is 38.4 Å². The highest BCUT2D eigenvalue weighted by Crippen LogP contribution is 2.36. The molecule has 4 nitrogen and oxygen atoms in total. The summed E-state index contributed by atoms with van der Waals surface area (Å²) in [5.41, 5.74) is 5.09. The Morgan fingerprint density at radius 1 is 1.00 bits per heavy atom. The third kappa shape index (κ3) is 4.84. The van der Waals surface area contributed by atoms with Gasteiger partial charge in [0, 0.05) is 35.6 Å². The molecule has 4 aromatic rings. The van der Waals surface area contributed by atoms with Crippen LogP contribution in [-0.2, 0) is 0 Å². The Balaban J connectivity index is 1.82. The van der Waals surface area contributed by atoms with Gasteiger partial charge in [0.15, 0.2) is 0 Å². The molecule has 0 amide bonds. The standard InChI is InChI=1S/C30H28Cl2FN3O/c1-18-6-5-7-23(31)29(18)36-26-17-25(19-12-14-35(15-13-19)30(2,3)4)34-28(22(26)10-11-27(36)37)21-9-8-20(33)16-24(21)32/h5-12,16-17H,13-15H2,1-4H3. The fraction of sp³-hybridized carbons (Fsp3) is 0.267. The van der Waals surface area contributed by atoms with E-state index in [-0.39, 0.29) is 16.1 Å². The molecule has 2 aromatic heterocycles. The number of fused-ring (bicyclic) bond motifs is 1. The molecular formula is C30H28Cl2FN3O. The average Bonchev–Trinajstić information content (AvgIpc) is 2.84. The second-order valence-electron chi connectivity index (χ2n) is 10.4. The zero-order valence-electron chi connectivity index (χ0n) is 21.3. The van der Waals surface area contributed by atoms with Crippen LogP contribution >= 0.6 is 23.2 Å². The summed E-state index contributed by atoms with van der Waals surface area (Å²) in [6.45, 7) is 10.2. The quantitative estimate of drug-likeness (QED) is 0.269. The zero-order chi connectivity index (χ0) is 26.5. The van der Waals surface area contributed by atoms with Crippen molar-refractivity contribution in [1.82, 2.24) is 14.5 Å². The molecule has 0 radical (unpaired) electrons. The zero-order valence-corrected chi connectivity index (χ0v) is 22.8. The molecule has 0 fully saturated rings. The SMILES string of the molecule is Cc1cccc(Cl)c1-n1c(=O)ccc2c(-c3ccc(F)cc3Cl)nc(C3=CCN(C(C)(C)C)CC3)cc21. The van der Waals surface area contributed by atoms with Crippen molar-refractivity contribution < 1.29 is 4.39 Å². The number of aryl methyl sites for hydroxylation is 1. The van der Waals surface area contributed by atoms with Gasteiger partial charge in [-0.25, -0.2) is 9.37 Å². The first-order valence-electron chi connectivity index (χ1n) is 12.3. The monoisotopic (exact) mass is 535 g/mol. The lowest BCUT2D eigenvalue weighted by Gasteiger charge is -2.37. The smallest absolute Gasteiger partial charge is 0.255 e. The molecular weight excluding hydrogens is 508 g/mol. The highest BCUT2D eigenvalue weighted by Gasteiger charge is 2.25. The van der Waals surface area contributed by atoms with Crippen molar-refractivity contribution in [3.63, 3.8) is 0 Å². The largest absolute Gasteiger partial charge is 0.294 e. The lowest BCUT2D eigenvalue weighted by molar-refractivity contribution is 0.153. The van der Waals surface area contributed by atoms with Crippen molar-refractivity contribution in [2.75, 3.05) is 13.1 Å². The van der Waals surface area contributed by atoms with Crippen LogP contribution in [0.15, 0.2) is 65.5 Å². The summed E-state index contributed by atoms with van der Waals surface area (Å²) in [7, 11) is 0. The molecule has 1 aliphatic heterocycles. The third-order valence-electron chi connectivity index (χ3n) is 6.98. The number of halogens is 3. The maximum atomic E-state index is 13.9. The summed E-state index contributed by atoms with van der Waals surface area (Å²) in [5, 5.41) is 1.46. The van der Waals surface area contributed by atoms with Crippen molar-refractivity contribution in [1.29, 1.82) is 0 Å². The number of hydrogen-bond acceptors (Lipinski definition) is 3. The molecule has 5 rings (SSSR count). The molecule has 190 valence electrons. The predicted octanol–water partition coefficient (Wildman–Crippen LogP) is 7.69. The number of rotatable bonds is 3. The van der Waals surface area contributed by atoms with E-state index in [1.807, 2.05) is 25.1 Å². The van der Waals surface area contributed by atoms with Gasteiger partial charge in [-0.3, -0.25) is 14.3 Å². The van der Waals surface area contributed by atoms with Gasteiger partial charge in [0.1, 0.15) is 5.82 Å². The van der Waals surface area contributed by atoms with E-state index in [9.17, 15) is 9.18 Å². The predicted molar refractivity (Wildman–Crippen MR) is 151 cm³/mol. The van der Waals surface area contributed by atoms with E-state index in [0.717, 1.165) is 41.7 Å². The second-order valence-corrected chi connectivity index (χ2v) is 11.2. The molecule has 0 spiro atoms. The molecule has 0 saturated carbocycles. The van der Waals surface area contributed by atoms with Crippen LogP contribution in [-0.4, -0.2) is 33.1 Å². The van der Waals surface area contributed by atoms with E-state index in [4.69, 9.17) is 28.2 Å². The Morgan fingerprint density at radius 3 is 2.43 bits per heavy atom. The number of para-hydroxylation sites is 1. The van der Waals surface area contributed by atoms with Gasteiger partial charge in [0.2, 0.25) is 0 Å². The van der Waals surface area contributed by atoms with Crippen molar-refractivity contribution in [3.8, 4) is 16.9 Å². The maximum absolute atomic E-state index is 13.9. The first-order valence-corrected chi connectivity index (χ1v) is 13.0.